The third-order valence-electron chi connectivity index (χ3n) is 4.16. The summed E-state index contributed by atoms with van der Waals surface area (Å²) in [5, 5.41) is 11.5. The number of hydrogen-bond acceptors (Lipinski definition) is 5. The monoisotopic (exact) mass is 398 g/mol. The number of aryl methyl sites for hydroxylation is 1. The number of aromatic nitrogens is 3. The minimum absolute atomic E-state index is 0.0737. The van der Waals surface area contributed by atoms with E-state index in [4.69, 9.17) is 0 Å². The number of rotatable bonds is 7. The number of para-hydroxylation sites is 1. The highest BCUT2D eigenvalue weighted by Gasteiger charge is 2.15. The largest absolute Gasteiger partial charge is 0.325 e. The molecule has 1 N–H and O–H groups in total. The smallest absolute Gasteiger partial charge is 0.232 e. The number of Topliss-reactive ketones (excluding diaryl/α,β-unsaturated/α-hetero) is 1. The molecule has 3 rings (SSSR count). The van der Waals surface area contributed by atoms with Crippen molar-refractivity contribution in [3.05, 3.63) is 71.3 Å². The summed E-state index contributed by atoms with van der Waals surface area (Å²) in [5.41, 5.74) is 2.17. The van der Waals surface area contributed by atoms with E-state index in [-0.39, 0.29) is 29.7 Å². The SMILES string of the molecule is Cc1ccccc1NC(=O)Cc1nnc(SCC(=O)c2ccc(F)cc2)n1C. The zero-order valence-corrected chi connectivity index (χ0v) is 16.3. The lowest BCUT2D eigenvalue weighted by Gasteiger charge is -2.08. The first-order chi connectivity index (χ1) is 13.4. The van der Waals surface area contributed by atoms with Crippen LogP contribution in [0.15, 0.2) is 53.7 Å². The Morgan fingerprint density at radius 2 is 1.82 bits per heavy atom. The zero-order chi connectivity index (χ0) is 20.1. The maximum atomic E-state index is 12.9. The Bertz CT molecular complexity index is 1000. The van der Waals surface area contributed by atoms with Crippen LogP contribution in [0.5, 0.6) is 0 Å². The Morgan fingerprint density at radius 1 is 1.11 bits per heavy atom. The molecule has 8 heteroatoms. The molecule has 0 aliphatic rings. The topological polar surface area (TPSA) is 76.9 Å². The van der Waals surface area contributed by atoms with E-state index in [2.05, 4.69) is 15.5 Å². The van der Waals surface area contributed by atoms with Crippen LogP contribution in [0.3, 0.4) is 0 Å². The van der Waals surface area contributed by atoms with Crippen molar-refractivity contribution in [3.63, 3.8) is 0 Å². The number of nitrogens with zero attached hydrogens (tertiary/aromatic N) is 3. The Morgan fingerprint density at radius 3 is 2.54 bits per heavy atom. The maximum absolute atomic E-state index is 12.9. The highest BCUT2D eigenvalue weighted by molar-refractivity contribution is 7.99. The van der Waals surface area contributed by atoms with E-state index >= 15 is 0 Å². The van der Waals surface area contributed by atoms with E-state index < -0.39 is 0 Å². The molecule has 0 saturated heterocycles. The fourth-order valence-electron chi connectivity index (χ4n) is 2.53. The fraction of sp³-hybridized carbons (Fsp3) is 0.200. The standard InChI is InChI=1S/C20H19FN4O2S/c1-13-5-3-4-6-16(13)22-19(27)11-18-23-24-20(25(18)2)28-12-17(26)14-7-9-15(21)10-8-14/h3-10H,11-12H2,1-2H3,(H,22,27). The maximum Gasteiger partial charge on any atom is 0.232 e. The van der Waals surface area contributed by atoms with E-state index in [0.29, 0.717) is 16.5 Å². The van der Waals surface area contributed by atoms with Crippen LogP contribution >= 0.6 is 11.8 Å². The van der Waals surface area contributed by atoms with Gasteiger partial charge in [0.2, 0.25) is 5.91 Å². The number of carbonyl (C=O) groups excluding carboxylic acids is 2. The summed E-state index contributed by atoms with van der Waals surface area (Å²) in [5.74, 6) is -0.0583. The average Bonchev–Trinajstić information content (AvgIpc) is 3.02. The van der Waals surface area contributed by atoms with E-state index in [1.54, 1.807) is 11.6 Å². The Hall–Kier alpha value is -3.00. The summed E-state index contributed by atoms with van der Waals surface area (Å²) in [6.07, 6.45) is 0.0737. The van der Waals surface area contributed by atoms with Gasteiger partial charge in [0.1, 0.15) is 11.6 Å². The van der Waals surface area contributed by atoms with Gasteiger partial charge in [-0.15, -0.1) is 10.2 Å². The minimum Gasteiger partial charge on any atom is -0.325 e. The van der Waals surface area contributed by atoms with Gasteiger partial charge >= 0.3 is 0 Å². The van der Waals surface area contributed by atoms with E-state index in [1.165, 1.54) is 36.0 Å². The van der Waals surface area contributed by atoms with Crippen LogP contribution in [0.4, 0.5) is 10.1 Å². The van der Waals surface area contributed by atoms with Crippen LogP contribution in [0, 0.1) is 12.7 Å². The molecule has 0 atom stereocenters. The van der Waals surface area contributed by atoms with Crippen molar-refractivity contribution in [2.75, 3.05) is 11.1 Å². The molecule has 0 aliphatic heterocycles. The Labute approximate surface area is 166 Å². The number of anilines is 1. The van der Waals surface area contributed by atoms with Crippen molar-refractivity contribution < 1.29 is 14.0 Å². The second-order valence-corrected chi connectivity index (χ2v) is 7.16. The molecule has 1 heterocycles. The number of nitrogens with one attached hydrogen (secondary N) is 1. The molecule has 1 aromatic heterocycles. The van der Waals surface area contributed by atoms with Crippen LogP contribution in [0.2, 0.25) is 0 Å². The van der Waals surface area contributed by atoms with Gasteiger partial charge in [-0.05, 0) is 42.8 Å². The first-order valence-electron chi connectivity index (χ1n) is 8.59. The molecule has 0 aliphatic carbocycles. The second kappa shape index (κ2) is 8.79. The van der Waals surface area contributed by atoms with Crippen molar-refractivity contribution in [2.24, 2.45) is 7.05 Å². The van der Waals surface area contributed by atoms with Gasteiger partial charge in [-0.2, -0.15) is 0 Å². The minimum atomic E-state index is -0.383. The number of hydrogen-bond donors (Lipinski definition) is 1. The van der Waals surface area contributed by atoms with E-state index in [0.717, 1.165) is 11.3 Å². The van der Waals surface area contributed by atoms with Crippen molar-refractivity contribution in [3.8, 4) is 0 Å². The number of halogens is 1. The van der Waals surface area contributed by atoms with Gasteiger partial charge < -0.3 is 9.88 Å². The lowest BCUT2D eigenvalue weighted by atomic mass is 10.1. The zero-order valence-electron chi connectivity index (χ0n) is 15.5. The molecule has 0 unspecified atom stereocenters. The quantitative estimate of drug-likeness (QED) is 0.487. The van der Waals surface area contributed by atoms with Gasteiger partial charge in [0.05, 0.1) is 12.2 Å². The van der Waals surface area contributed by atoms with Crippen LogP contribution in [-0.4, -0.2) is 32.2 Å². The van der Waals surface area contributed by atoms with Gasteiger partial charge in [-0.1, -0.05) is 30.0 Å². The first kappa shape index (κ1) is 19.8. The predicted octanol–water partition coefficient (Wildman–Crippen LogP) is 3.42. The summed E-state index contributed by atoms with van der Waals surface area (Å²) in [4.78, 5) is 24.5. The summed E-state index contributed by atoms with van der Waals surface area (Å²) in [6, 6.07) is 12.9. The van der Waals surface area contributed by atoms with Gasteiger partial charge in [0.15, 0.2) is 10.9 Å². The summed E-state index contributed by atoms with van der Waals surface area (Å²) in [7, 11) is 1.75. The normalized spacial score (nSPS) is 10.7. The molecule has 0 saturated carbocycles. The van der Waals surface area contributed by atoms with Crippen molar-refractivity contribution in [1.29, 1.82) is 0 Å². The number of ketones is 1. The van der Waals surface area contributed by atoms with Crippen molar-refractivity contribution in [2.45, 2.75) is 18.5 Å². The highest BCUT2D eigenvalue weighted by atomic mass is 32.2. The lowest BCUT2D eigenvalue weighted by Crippen LogP contribution is -2.17. The highest BCUT2D eigenvalue weighted by Crippen LogP contribution is 2.19. The van der Waals surface area contributed by atoms with Crippen LogP contribution in [0.25, 0.3) is 0 Å². The molecule has 144 valence electrons. The third-order valence-corrected chi connectivity index (χ3v) is 5.18. The van der Waals surface area contributed by atoms with Crippen LogP contribution < -0.4 is 5.32 Å². The molecule has 0 radical (unpaired) electrons. The molecule has 3 aromatic rings. The summed E-state index contributed by atoms with van der Waals surface area (Å²) >= 11 is 1.22. The Balaban J connectivity index is 1.59. The molecule has 0 fully saturated rings. The van der Waals surface area contributed by atoms with E-state index in [1.807, 2.05) is 31.2 Å². The van der Waals surface area contributed by atoms with Crippen LogP contribution in [0.1, 0.15) is 21.7 Å². The molecular weight excluding hydrogens is 379 g/mol. The van der Waals surface area contributed by atoms with Gasteiger partial charge in [-0.3, -0.25) is 9.59 Å². The average molecular weight is 398 g/mol. The Kier molecular flexibility index (Phi) is 6.20. The second-order valence-electron chi connectivity index (χ2n) is 6.22. The number of carbonyl (C=O) groups is 2. The molecule has 1 amide bonds. The molecular formula is C20H19FN4O2S. The number of amides is 1. The van der Waals surface area contributed by atoms with Gasteiger partial charge in [0.25, 0.3) is 0 Å². The molecule has 0 spiro atoms. The molecule has 0 bridgehead atoms. The van der Waals surface area contributed by atoms with Crippen LogP contribution in [-0.2, 0) is 18.3 Å². The number of thioether (sulfide) groups is 1. The molecule has 2 aromatic carbocycles. The molecule has 28 heavy (non-hydrogen) atoms. The van der Waals surface area contributed by atoms with E-state index in [9.17, 15) is 14.0 Å². The summed E-state index contributed by atoms with van der Waals surface area (Å²) < 4.78 is 14.6. The number of benzene rings is 2. The van der Waals surface area contributed by atoms with Crippen molar-refractivity contribution in [1.82, 2.24) is 14.8 Å². The predicted molar refractivity (Wildman–Crippen MR) is 106 cm³/mol. The lowest BCUT2D eigenvalue weighted by molar-refractivity contribution is -0.115. The fourth-order valence-corrected chi connectivity index (χ4v) is 3.35. The first-order valence-corrected chi connectivity index (χ1v) is 9.58. The summed E-state index contributed by atoms with van der Waals surface area (Å²) in [6.45, 7) is 1.92. The van der Waals surface area contributed by atoms with Crippen molar-refractivity contribution >= 4 is 29.1 Å². The third kappa shape index (κ3) is 4.83. The van der Waals surface area contributed by atoms with Gasteiger partial charge in [-0.25, -0.2) is 4.39 Å². The molecule has 6 nitrogen and oxygen atoms in total. The van der Waals surface area contributed by atoms with Gasteiger partial charge in [0, 0.05) is 18.3 Å².